The number of hydrogen-bond donors (Lipinski definition) is 0. The van der Waals surface area contributed by atoms with Crippen LogP contribution in [0.1, 0.15) is 18.7 Å². The van der Waals surface area contributed by atoms with E-state index in [0.717, 1.165) is 4.88 Å². The summed E-state index contributed by atoms with van der Waals surface area (Å²) in [7, 11) is -3.34. The van der Waals surface area contributed by atoms with Crippen molar-refractivity contribution in [2.45, 2.75) is 37.2 Å². The topological polar surface area (TPSA) is 46.6 Å². The molecule has 4 nitrogen and oxygen atoms in total. The minimum absolute atomic E-state index is 0.0467. The molecular formula is C11H17NO3S2. The monoisotopic (exact) mass is 275 g/mol. The van der Waals surface area contributed by atoms with Gasteiger partial charge in [-0.15, -0.1) is 11.3 Å². The number of aryl methyl sites for hydroxylation is 1. The molecule has 1 aliphatic rings. The third-order valence-electron chi connectivity index (χ3n) is 2.70. The predicted octanol–water partition coefficient (Wildman–Crippen LogP) is 1.85. The largest absolute Gasteiger partial charge is 0.373 e. The molecule has 1 aromatic heterocycles. The van der Waals surface area contributed by atoms with Crippen molar-refractivity contribution in [3.8, 4) is 0 Å². The summed E-state index contributed by atoms with van der Waals surface area (Å²) >= 11 is 1.32. The number of rotatable bonds is 2. The maximum absolute atomic E-state index is 12.4. The van der Waals surface area contributed by atoms with Crippen molar-refractivity contribution in [3.05, 3.63) is 17.0 Å². The fraction of sp³-hybridized carbons (Fsp3) is 0.636. The maximum atomic E-state index is 12.4. The molecular weight excluding hydrogens is 258 g/mol. The first-order valence-electron chi connectivity index (χ1n) is 5.61. The normalized spacial score (nSPS) is 27.2. The van der Waals surface area contributed by atoms with Gasteiger partial charge in [-0.3, -0.25) is 0 Å². The minimum atomic E-state index is -3.34. The molecule has 0 unspecified atom stereocenters. The van der Waals surface area contributed by atoms with Crippen LogP contribution in [0.2, 0.25) is 0 Å². The number of ether oxygens (including phenoxy) is 1. The van der Waals surface area contributed by atoms with Gasteiger partial charge in [0.2, 0.25) is 0 Å². The maximum Gasteiger partial charge on any atom is 0.252 e. The number of hydrogen-bond acceptors (Lipinski definition) is 4. The van der Waals surface area contributed by atoms with Gasteiger partial charge in [0.15, 0.2) is 0 Å². The van der Waals surface area contributed by atoms with E-state index >= 15 is 0 Å². The van der Waals surface area contributed by atoms with Crippen LogP contribution in [-0.4, -0.2) is 38.0 Å². The highest BCUT2D eigenvalue weighted by Crippen LogP contribution is 2.26. The Balaban J connectivity index is 2.26. The van der Waals surface area contributed by atoms with Gasteiger partial charge in [0.05, 0.1) is 12.2 Å². The number of nitrogens with zero attached hydrogens (tertiary/aromatic N) is 1. The van der Waals surface area contributed by atoms with Crippen LogP contribution in [0.5, 0.6) is 0 Å². The number of thiophene rings is 1. The second-order valence-electron chi connectivity index (χ2n) is 4.44. The average molecular weight is 275 g/mol. The lowest BCUT2D eigenvalue weighted by Gasteiger charge is -2.34. The van der Waals surface area contributed by atoms with E-state index < -0.39 is 10.0 Å². The zero-order valence-electron chi connectivity index (χ0n) is 10.2. The van der Waals surface area contributed by atoms with E-state index in [0.29, 0.717) is 17.3 Å². The predicted molar refractivity (Wildman–Crippen MR) is 67.8 cm³/mol. The Labute approximate surface area is 106 Å². The van der Waals surface area contributed by atoms with Crippen molar-refractivity contribution in [1.29, 1.82) is 0 Å². The van der Waals surface area contributed by atoms with Crippen LogP contribution in [0.15, 0.2) is 16.3 Å². The molecule has 0 spiro atoms. The molecule has 2 heterocycles. The first-order chi connectivity index (χ1) is 7.89. The molecule has 0 aromatic carbocycles. The van der Waals surface area contributed by atoms with Crippen molar-refractivity contribution in [3.63, 3.8) is 0 Å². The average Bonchev–Trinajstić information content (AvgIpc) is 2.64. The lowest BCUT2D eigenvalue weighted by atomic mass is 10.3. The summed E-state index contributed by atoms with van der Waals surface area (Å²) in [6.45, 7) is 6.58. The van der Waals surface area contributed by atoms with Gasteiger partial charge in [-0.25, -0.2) is 8.42 Å². The Kier molecular flexibility index (Phi) is 3.58. The van der Waals surface area contributed by atoms with Gasteiger partial charge in [-0.2, -0.15) is 4.31 Å². The fourth-order valence-electron chi connectivity index (χ4n) is 2.00. The van der Waals surface area contributed by atoms with E-state index in [4.69, 9.17) is 4.74 Å². The quantitative estimate of drug-likeness (QED) is 0.827. The van der Waals surface area contributed by atoms with Gasteiger partial charge >= 0.3 is 0 Å². The molecule has 1 aliphatic heterocycles. The summed E-state index contributed by atoms with van der Waals surface area (Å²) in [6.07, 6.45) is -0.0934. The molecule has 1 saturated heterocycles. The van der Waals surface area contributed by atoms with Gasteiger partial charge in [-0.05, 0) is 32.9 Å². The van der Waals surface area contributed by atoms with Crippen LogP contribution in [0.3, 0.4) is 0 Å². The smallest absolute Gasteiger partial charge is 0.252 e. The highest BCUT2D eigenvalue weighted by molar-refractivity contribution is 7.91. The SMILES string of the molecule is Cc1ccc(S(=O)(=O)N2C[C@@H](C)O[C@@H](C)C2)s1. The first kappa shape index (κ1) is 13.0. The molecule has 96 valence electrons. The Hall–Kier alpha value is -0.430. The molecule has 17 heavy (non-hydrogen) atoms. The molecule has 2 rings (SSSR count). The second-order valence-corrected chi connectivity index (χ2v) is 7.90. The minimum Gasteiger partial charge on any atom is -0.373 e. The van der Waals surface area contributed by atoms with Crippen LogP contribution in [0.25, 0.3) is 0 Å². The Morgan fingerprint density at radius 3 is 2.35 bits per heavy atom. The molecule has 0 N–H and O–H groups in total. The van der Waals surface area contributed by atoms with E-state index in [1.165, 1.54) is 15.6 Å². The molecule has 0 aliphatic carbocycles. The Morgan fingerprint density at radius 1 is 1.29 bits per heavy atom. The van der Waals surface area contributed by atoms with Crippen molar-refractivity contribution in [2.75, 3.05) is 13.1 Å². The summed E-state index contributed by atoms with van der Waals surface area (Å²) in [6, 6.07) is 3.52. The van der Waals surface area contributed by atoms with E-state index in [-0.39, 0.29) is 12.2 Å². The third-order valence-corrected chi connectivity index (χ3v) is 6.00. The van der Waals surface area contributed by atoms with Crippen LogP contribution < -0.4 is 0 Å². The molecule has 0 amide bonds. The van der Waals surface area contributed by atoms with E-state index in [1.807, 2.05) is 26.8 Å². The Bertz CT molecular complexity index is 485. The molecule has 1 aromatic rings. The molecule has 6 heteroatoms. The number of morpholine rings is 1. The molecule has 1 fully saturated rings. The Morgan fingerprint density at radius 2 is 1.88 bits per heavy atom. The van der Waals surface area contributed by atoms with Gasteiger partial charge in [0.1, 0.15) is 4.21 Å². The van der Waals surface area contributed by atoms with E-state index in [1.54, 1.807) is 6.07 Å². The zero-order valence-corrected chi connectivity index (χ0v) is 11.8. The summed E-state index contributed by atoms with van der Waals surface area (Å²) in [5.41, 5.74) is 0. The lowest BCUT2D eigenvalue weighted by Crippen LogP contribution is -2.47. The van der Waals surface area contributed by atoms with Crippen molar-refractivity contribution in [2.24, 2.45) is 0 Å². The van der Waals surface area contributed by atoms with Crippen molar-refractivity contribution in [1.82, 2.24) is 4.31 Å². The molecule has 0 saturated carbocycles. The van der Waals surface area contributed by atoms with Gasteiger partial charge in [0.25, 0.3) is 10.0 Å². The van der Waals surface area contributed by atoms with Gasteiger partial charge < -0.3 is 4.74 Å². The van der Waals surface area contributed by atoms with E-state index in [2.05, 4.69) is 0 Å². The van der Waals surface area contributed by atoms with Crippen molar-refractivity contribution >= 4 is 21.4 Å². The van der Waals surface area contributed by atoms with Crippen LogP contribution >= 0.6 is 11.3 Å². The van der Waals surface area contributed by atoms with E-state index in [9.17, 15) is 8.42 Å². The molecule has 2 atom stereocenters. The molecule has 0 radical (unpaired) electrons. The van der Waals surface area contributed by atoms with Crippen LogP contribution in [0.4, 0.5) is 0 Å². The van der Waals surface area contributed by atoms with Crippen LogP contribution in [-0.2, 0) is 14.8 Å². The highest BCUT2D eigenvalue weighted by atomic mass is 32.2. The third kappa shape index (κ3) is 2.70. The summed E-state index contributed by atoms with van der Waals surface area (Å²) in [5.74, 6) is 0. The standard InChI is InChI=1S/C11H17NO3S2/c1-8-6-12(7-9(2)15-8)17(13,14)11-5-4-10(3)16-11/h4-5,8-9H,6-7H2,1-3H3/t8-,9+. The lowest BCUT2D eigenvalue weighted by molar-refractivity contribution is -0.0440. The fourth-order valence-corrected chi connectivity index (χ4v) is 5.03. The van der Waals surface area contributed by atoms with Crippen LogP contribution in [0, 0.1) is 6.92 Å². The summed E-state index contributed by atoms with van der Waals surface area (Å²) in [5, 5.41) is 0. The summed E-state index contributed by atoms with van der Waals surface area (Å²) in [4.78, 5) is 1.01. The first-order valence-corrected chi connectivity index (χ1v) is 7.87. The second kappa shape index (κ2) is 4.68. The van der Waals surface area contributed by atoms with Gasteiger partial charge in [0, 0.05) is 18.0 Å². The van der Waals surface area contributed by atoms with Gasteiger partial charge in [-0.1, -0.05) is 0 Å². The zero-order chi connectivity index (χ0) is 12.6. The highest BCUT2D eigenvalue weighted by Gasteiger charge is 2.32. The van der Waals surface area contributed by atoms with Crippen molar-refractivity contribution < 1.29 is 13.2 Å². The number of sulfonamides is 1. The molecule has 0 bridgehead atoms. The summed E-state index contributed by atoms with van der Waals surface area (Å²) < 4.78 is 32.2.